The molecule has 5 nitrogen and oxygen atoms in total. The molecule has 0 saturated heterocycles. The molecule has 0 fully saturated rings. The van der Waals surface area contributed by atoms with Crippen molar-refractivity contribution in [1.82, 2.24) is 5.32 Å². The normalized spacial score (nSPS) is 16.4. The van der Waals surface area contributed by atoms with E-state index in [4.69, 9.17) is 8.85 Å². The summed E-state index contributed by atoms with van der Waals surface area (Å²) in [7, 11) is -4.25. The summed E-state index contributed by atoms with van der Waals surface area (Å²) in [5.41, 5.74) is 0.939. The molecule has 1 rings (SSSR count). The van der Waals surface area contributed by atoms with Gasteiger partial charge in [-0.2, -0.15) is 0 Å². The molecule has 0 unspecified atom stereocenters. The first-order valence-electron chi connectivity index (χ1n) is 11.7. The fraction of sp³-hybridized carbons (Fsp3) is 0.720. The van der Waals surface area contributed by atoms with Crippen molar-refractivity contribution in [2.75, 3.05) is 6.61 Å². The zero-order valence-corrected chi connectivity index (χ0v) is 24.2. The van der Waals surface area contributed by atoms with Crippen LogP contribution in [0.1, 0.15) is 54.0 Å². The second kappa shape index (κ2) is 11.0. The Morgan fingerprint density at radius 1 is 0.938 bits per heavy atom. The fourth-order valence-electron chi connectivity index (χ4n) is 3.00. The maximum Gasteiger partial charge on any atom is 0.224 e. The van der Waals surface area contributed by atoms with Crippen LogP contribution >= 0.6 is 0 Å². The molecule has 0 saturated carbocycles. The van der Waals surface area contributed by atoms with Crippen molar-refractivity contribution < 1.29 is 18.8 Å². The third-order valence-corrected chi connectivity index (χ3v) is 16.2. The molecule has 1 aromatic rings. The summed E-state index contributed by atoms with van der Waals surface area (Å²) in [6.45, 7) is 23.8. The number of rotatable bonds is 10. The summed E-state index contributed by atoms with van der Waals surface area (Å²) in [6, 6.07) is 9.09. The maximum absolute atomic E-state index is 12.8. The molecule has 32 heavy (non-hydrogen) atoms. The Morgan fingerprint density at radius 2 is 1.41 bits per heavy atom. The summed E-state index contributed by atoms with van der Waals surface area (Å²) in [5, 5.41) is 13.4. The van der Waals surface area contributed by atoms with Crippen LogP contribution < -0.4 is 5.32 Å². The number of nitrogens with one attached hydrogen (secondary N) is 1. The maximum atomic E-state index is 12.8. The summed E-state index contributed by atoms with van der Waals surface area (Å²) >= 11 is 0. The van der Waals surface area contributed by atoms with Crippen molar-refractivity contribution >= 4 is 22.5 Å². The van der Waals surface area contributed by atoms with E-state index in [2.05, 4.69) is 73.0 Å². The van der Waals surface area contributed by atoms with Crippen LogP contribution in [0.3, 0.4) is 0 Å². The van der Waals surface area contributed by atoms with E-state index >= 15 is 0 Å². The second-order valence-corrected chi connectivity index (χ2v) is 21.5. The first kappa shape index (κ1) is 29.0. The molecule has 1 amide bonds. The topological polar surface area (TPSA) is 67.8 Å². The molecular weight excluding hydrogens is 434 g/mol. The Bertz CT molecular complexity index is 724. The highest BCUT2D eigenvalue weighted by Crippen LogP contribution is 2.40. The molecule has 184 valence electrons. The molecule has 0 heterocycles. The van der Waals surface area contributed by atoms with E-state index in [0.717, 1.165) is 5.56 Å². The first-order chi connectivity index (χ1) is 14.4. The lowest BCUT2D eigenvalue weighted by molar-refractivity contribution is -0.123. The van der Waals surface area contributed by atoms with Crippen LogP contribution in [-0.4, -0.2) is 52.5 Å². The fourth-order valence-corrected chi connectivity index (χ4v) is 5.81. The number of hydrogen-bond acceptors (Lipinski definition) is 4. The second-order valence-electron chi connectivity index (χ2n) is 11.9. The standard InChI is InChI=1S/C25H47NO4Si2/c1-19(29-31(8,9)24(2,3)4)23(30-32(10,11)25(5,6)7)21(18-27)26-22(28)17-20-15-13-12-14-16-20/h12-16,19,21,23,27H,17-18H2,1-11H3,(H,26,28)/t19-,21+,23-/m1/s1. The summed E-state index contributed by atoms with van der Waals surface area (Å²) in [6.07, 6.45) is -0.435. The number of aliphatic hydroxyl groups excluding tert-OH is 1. The van der Waals surface area contributed by atoms with Crippen molar-refractivity contribution in [3.8, 4) is 0 Å². The average Bonchev–Trinajstić information content (AvgIpc) is 2.63. The number of hydrogen-bond donors (Lipinski definition) is 2. The lowest BCUT2D eigenvalue weighted by Crippen LogP contribution is -2.59. The van der Waals surface area contributed by atoms with Crippen LogP contribution in [0.4, 0.5) is 0 Å². The monoisotopic (exact) mass is 481 g/mol. The minimum Gasteiger partial charge on any atom is -0.412 e. The van der Waals surface area contributed by atoms with Crippen molar-refractivity contribution in [2.45, 2.75) is 109 Å². The van der Waals surface area contributed by atoms with Gasteiger partial charge in [0.15, 0.2) is 16.6 Å². The van der Waals surface area contributed by atoms with E-state index in [1.54, 1.807) is 0 Å². The summed E-state index contributed by atoms with van der Waals surface area (Å²) in [4.78, 5) is 12.8. The minimum atomic E-state index is -2.18. The van der Waals surface area contributed by atoms with E-state index in [-0.39, 0.29) is 35.1 Å². The summed E-state index contributed by atoms with van der Waals surface area (Å²) in [5.74, 6) is -0.126. The van der Waals surface area contributed by atoms with Gasteiger partial charge in [0.2, 0.25) is 5.91 Å². The number of benzene rings is 1. The average molecular weight is 482 g/mol. The van der Waals surface area contributed by atoms with Gasteiger partial charge in [-0.25, -0.2) is 0 Å². The van der Waals surface area contributed by atoms with Crippen LogP contribution in [0.5, 0.6) is 0 Å². The van der Waals surface area contributed by atoms with Crippen molar-refractivity contribution in [3.63, 3.8) is 0 Å². The number of carbonyl (C=O) groups excluding carboxylic acids is 1. The van der Waals surface area contributed by atoms with E-state index in [9.17, 15) is 9.90 Å². The third-order valence-electron chi connectivity index (χ3n) is 7.13. The van der Waals surface area contributed by atoms with Gasteiger partial charge in [-0.15, -0.1) is 0 Å². The molecule has 0 aliphatic rings. The highest BCUT2D eigenvalue weighted by Gasteiger charge is 2.45. The van der Waals surface area contributed by atoms with E-state index in [1.165, 1.54) is 0 Å². The Kier molecular flexibility index (Phi) is 9.94. The van der Waals surface area contributed by atoms with Gasteiger partial charge in [-0.05, 0) is 48.8 Å². The van der Waals surface area contributed by atoms with E-state index in [1.807, 2.05) is 37.3 Å². The van der Waals surface area contributed by atoms with Crippen molar-refractivity contribution in [3.05, 3.63) is 35.9 Å². The van der Waals surface area contributed by atoms with Crippen LogP contribution in [0, 0.1) is 0 Å². The molecule has 3 atom stereocenters. The molecule has 7 heteroatoms. The highest BCUT2D eigenvalue weighted by atomic mass is 28.4. The van der Waals surface area contributed by atoms with Gasteiger partial charge in [0.05, 0.1) is 31.3 Å². The summed E-state index contributed by atoms with van der Waals surface area (Å²) < 4.78 is 13.5. The van der Waals surface area contributed by atoms with Gasteiger partial charge in [-0.1, -0.05) is 71.9 Å². The zero-order valence-electron chi connectivity index (χ0n) is 22.2. The van der Waals surface area contributed by atoms with Gasteiger partial charge in [-0.3, -0.25) is 4.79 Å². The predicted octanol–water partition coefficient (Wildman–Crippen LogP) is 5.51. The van der Waals surface area contributed by atoms with Gasteiger partial charge in [0.25, 0.3) is 0 Å². The molecular formula is C25H47NO4Si2. The van der Waals surface area contributed by atoms with Gasteiger partial charge in [0, 0.05) is 0 Å². The third kappa shape index (κ3) is 8.10. The van der Waals surface area contributed by atoms with Gasteiger partial charge < -0.3 is 19.3 Å². The minimum absolute atomic E-state index is 0.00397. The first-order valence-corrected chi connectivity index (χ1v) is 17.5. The Labute approximate surface area is 198 Å². The quantitative estimate of drug-likeness (QED) is 0.433. The van der Waals surface area contributed by atoms with Crippen LogP contribution in [0.2, 0.25) is 36.3 Å². The number of amides is 1. The molecule has 0 radical (unpaired) electrons. The Morgan fingerprint density at radius 3 is 1.84 bits per heavy atom. The number of carbonyl (C=O) groups is 1. The lowest BCUT2D eigenvalue weighted by Gasteiger charge is -2.46. The van der Waals surface area contributed by atoms with Gasteiger partial charge >= 0.3 is 0 Å². The predicted molar refractivity (Wildman–Crippen MR) is 139 cm³/mol. The highest BCUT2D eigenvalue weighted by molar-refractivity contribution is 6.74. The smallest absolute Gasteiger partial charge is 0.224 e. The molecule has 0 bridgehead atoms. The van der Waals surface area contributed by atoms with E-state index < -0.39 is 28.8 Å². The largest absolute Gasteiger partial charge is 0.412 e. The van der Waals surface area contributed by atoms with Crippen LogP contribution in [0.25, 0.3) is 0 Å². The molecule has 2 N–H and O–H groups in total. The molecule has 0 aliphatic carbocycles. The SMILES string of the molecule is C[C@@H](O[Si](C)(C)C(C)(C)C)[C@@H](O[Si](C)(C)C(C)(C)C)[C@H](CO)NC(=O)Cc1ccccc1. The van der Waals surface area contributed by atoms with Crippen molar-refractivity contribution in [1.29, 1.82) is 0 Å². The molecule has 0 aromatic heterocycles. The van der Waals surface area contributed by atoms with Crippen LogP contribution in [-0.2, 0) is 20.1 Å². The Hall–Kier alpha value is -0.996. The molecule has 1 aromatic carbocycles. The number of aliphatic hydroxyl groups is 1. The molecule has 0 spiro atoms. The van der Waals surface area contributed by atoms with Gasteiger partial charge in [0.1, 0.15) is 0 Å². The van der Waals surface area contributed by atoms with Crippen LogP contribution in [0.15, 0.2) is 30.3 Å². The lowest BCUT2D eigenvalue weighted by atomic mass is 10.1. The molecule has 0 aliphatic heterocycles. The van der Waals surface area contributed by atoms with E-state index in [0.29, 0.717) is 0 Å². The Balaban J connectivity index is 3.16. The van der Waals surface area contributed by atoms with Crippen molar-refractivity contribution in [2.24, 2.45) is 0 Å². The zero-order chi connectivity index (χ0) is 25.0.